The third kappa shape index (κ3) is 2.69. The summed E-state index contributed by atoms with van der Waals surface area (Å²) in [6, 6.07) is 4.14. The molecule has 0 saturated carbocycles. The minimum absolute atomic E-state index is 1.07. The number of hydrogen-bond donors (Lipinski definition) is 0. The van der Waals surface area contributed by atoms with Crippen LogP contribution in [0.4, 0.5) is 5.82 Å². The van der Waals surface area contributed by atoms with Crippen LogP contribution in [0.2, 0.25) is 0 Å². The van der Waals surface area contributed by atoms with E-state index in [0.717, 1.165) is 42.2 Å². The number of anilines is 1. The van der Waals surface area contributed by atoms with Crippen LogP contribution in [0.1, 0.15) is 5.69 Å². The van der Waals surface area contributed by atoms with Crippen LogP contribution in [0.15, 0.2) is 16.6 Å². The maximum absolute atomic E-state index is 4.56. The molecule has 1 aliphatic rings. The van der Waals surface area contributed by atoms with Crippen molar-refractivity contribution >= 4 is 21.7 Å². The normalized spacial score (nSPS) is 18.2. The van der Waals surface area contributed by atoms with Gasteiger partial charge in [-0.15, -0.1) is 0 Å². The zero-order valence-corrected chi connectivity index (χ0v) is 10.8. The largest absolute Gasteiger partial charge is 0.354 e. The van der Waals surface area contributed by atoms with Crippen LogP contribution < -0.4 is 4.90 Å². The second-order valence-electron chi connectivity index (χ2n) is 4.08. The van der Waals surface area contributed by atoms with Crippen LogP contribution in [0.25, 0.3) is 0 Å². The molecule has 1 aliphatic heterocycles. The maximum Gasteiger partial charge on any atom is 0.130 e. The highest BCUT2D eigenvalue weighted by Crippen LogP contribution is 2.20. The fourth-order valence-corrected chi connectivity index (χ4v) is 2.34. The zero-order valence-electron chi connectivity index (χ0n) is 9.20. The molecule has 15 heavy (non-hydrogen) atoms. The number of hydrogen-bond acceptors (Lipinski definition) is 3. The summed E-state index contributed by atoms with van der Waals surface area (Å²) in [7, 11) is 2.16. The molecule has 0 amide bonds. The van der Waals surface area contributed by atoms with Gasteiger partial charge in [-0.1, -0.05) is 15.9 Å². The van der Waals surface area contributed by atoms with Crippen LogP contribution in [0, 0.1) is 6.92 Å². The molecule has 1 fully saturated rings. The molecular formula is C11H16BrN3. The highest BCUT2D eigenvalue weighted by molar-refractivity contribution is 9.10. The number of aryl methyl sites for hydroxylation is 1. The first-order valence-corrected chi connectivity index (χ1v) is 6.02. The van der Waals surface area contributed by atoms with Crippen molar-refractivity contribution in [2.24, 2.45) is 0 Å². The highest BCUT2D eigenvalue weighted by Gasteiger charge is 2.15. The van der Waals surface area contributed by atoms with Crippen LogP contribution in [0.3, 0.4) is 0 Å². The Morgan fingerprint density at radius 1 is 1.20 bits per heavy atom. The summed E-state index contributed by atoms with van der Waals surface area (Å²) in [6.45, 7) is 6.41. The SMILES string of the molecule is Cc1cc(Br)cc(N2CCN(C)CC2)n1. The van der Waals surface area contributed by atoms with E-state index in [2.05, 4.69) is 43.8 Å². The molecule has 2 heterocycles. The summed E-state index contributed by atoms with van der Waals surface area (Å²) >= 11 is 3.51. The van der Waals surface area contributed by atoms with Gasteiger partial charge in [-0.25, -0.2) is 4.98 Å². The van der Waals surface area contributed by atoms with E-state index in [-0.39, 0.29) is 0 Å². The van der Waals surface area contributed by atoms with E-state index in [0.29, 0.717) is 0 Å². The first-order valence-electron chi connectivity index (χ1n) is 5.23. The van der Waals surface area contributed by atoms with Gasteiger partial charge in [0.05, 0.1) is 0 Å². The Morgan fingerprint density at radius 2 is 1.87 bits per heavy atom. The van der Waals surface area contributed by atoms with Gasteiger partial charge in [0.2, 0.25) is 0 Å². The van der Waals surface area contributed by atoms with Crippen LogP contribution in [-0.4, -0.2) is 43.1 Å². The van der Waals surface area contributed by atoms with Crippen molar-refractivity contribution in [1.82, 2.24) is 9.88 Å². The summed E-state index contributed by atoms with van der Waals surface area (Å²) in [4.78, 5) is 9.25. The molecule has 0 unspecified atom stereocenters. The third-order valence-corrected chi connectivity index (χ3v) is 3.19. The Hall–Kier alpha value is -0.610. The van der Waals surface area contributed by atoms with Gasteiger partial charge < -0.3 is 9.80 Å². The lowest BCUT2D eigenvalue weighted by atomic mass is 10.3. The van der Waals surface area contributed by atoms with Gasteiger partial charge in [0, 0.05) is 36.3 Å². The lowest BCUT2D eigenvalue weighted by Gasteiger charge is -2.33. The fraction of sp³-hybridized carbons (Fsp3) is 0.545. The molecule has 1 aromatic heterocycles. The predicted molar refractivity (Wildman–Crippen MR) is 66.4 cm³/mol. The topological polar surface area (TPSA) is 19.4 Å². The first-order chi connectivity index (χ1) is 7.15. The second-order valence-corrected chi connectivity index (χ2v) is 4.99. The molecule has 0 N–H and O–H groups in total. The van der Waals surface area contributed by atoms with E-state index in [9.17, 15) is 0 Å². The standard InChI is InChI=1S/C11H16BrN3/c1-9-7-10(12)8-11(13-9)15-5-3-14(2)4-6-15/h7-8H,3-6H2,1-2H3. The van der Waals surface area contributed by atoms with Crippen LogP contribution in [-0.2, 0) is 0 Å². The summed E-state index contributed by atoms with van der Waals surface area (Å²) in [6.07, 6.45) is 0. The van der Waals surface area contributed by atoms with Gasteiger partial charge in [-0.05, 0) is 26.1 Å². The van der Waals surface area contributed by atoms with Gasteiger partial charge in [-0.2, -0.15) is 0 Å². The molecule has 1 aromatic rings. The van der Waals surface area contributed by atoms with Crippen LogP contribution >= 0.6 is 15.9 Å². The van der Waals surface area contributed by atoms with Gasteiger partial charge in [0.25, 0.3) is 0 Å². The second kappa shape index (κ2) is 4.49. The van der Waals surface area contributed by atoms with Gasteiger partial charge in [0.1, 0.15) is 5.82 Å². The lowest BCUT2D eigenvalue weighted by Crippen LogP contribution is -2.44. The number of halogens is 1. The number of aromatic nitrogens is 1. The Labute approximate surface area is 99.2 Å². The van der Waals surface area contributed by atoms with Crippen molar-refractivity contribution in [1.29, 1.82) is 0 Å². The Balaban J connectivity index is 2.15. The van der Waals surface area contributed by atoms with Gasteiger partial charge >= 0.3 is 0 Å². The molecule has 4 heteroatoms. The number of nitrogens with zero attached hydrogens (tertiary/aromatic N) is 3. The van der Waals surface area contributed by atoms with E-state index < -0.39 is 0 Å². The van der Waals surface area contributed by atoms with Crippen molar-refractivity contribution in [2.45, 2.75) is 6.92 Å². The molecule has 1 saturated heterocycles. The van der Waals surface area contributed by atoms with Crippen molar-refractivity contribution in [3.05, 3.63) is 22.3 Å². The summed E-state index contributed by atoms with van der Waals surface area (Å²) < 4.78 is 1.11. The summed E-state index contributed by atoms with van der Waals surface area (Å²) in [5.41, 5.74) is 1.07. The van der Waals surface area contributed by atoms with Crippen molar-refractivity contribution in [3.63, 3.8) is 0 Å². The third-order valence-electron chi connectivity index (χ3n) is 2.73. The molecule has 0 aromatic carbocycles. The van der Waals surface area contributed by atoms with Crippen molar-refractivity contribution in [2.75, 3.05) is 38.1 Å². The first kappa shape index (κ1) is 10.9. The molecule has 0 spiro atoms. The average molecular weight is 270 g/mol. The number of likely N-dealkylation sites (N-methyl/N-ethyl adjacent to an activating group) is 1. The number of piperazine rings is 1. The Morgan fingerprint density at radius 3 is 2.47 bits per heavy atom. The summed E-state index contributed by atoms with van der Waals surface area (Å²) in [5.74, 6) is 1.09. The van der Waals surface area contributed by atoms with E-state index in [1.807, 2.05) is 13.0 Å². The van der Waals surface area contributed by atoms with Gasteiger partial charge in [0.15, 0.2) is 0 Å². The maximum atomic E-state index is 4.56. The molecule has 0 bridgehead atoms. The lowest BCUT2D eigenvalue weighted by molar-refractivity contribution is 0.312. The Kier molecular flexibility index (Phi) is 3.26. The molecule has 0 atom stereocenters. The van der Waals surface area contributed by atoms with Crippen molar-refractivity contribution < 1.29 is 0 Å². The fourth-order valence-electron chi connectivity index (χ4n) is 1.81. The molecule has 82 valence electrons. The molecule has 0 aliphatic carbocycles. The van der Waals surface area contributed by atoms with E-state index in [4.69, 9.17) is 0 Å². The highest BCUT2D eigenvalue weighted by atomic mass is 79.9. The number of rotatable bonds is 1. The minimum Gasteiger partial charge on any atom is -0.354 e. The molecule has 3 nitrogen and oxygen atoms in total. The minimum atomic E-state index is 1.07. The Bertz CT molecular complexity index is 325. The number of pyridine rings is 1. The van der Waals surface area contributed by atoms with E-state index >= 15 is 0 Å². The molecular weight excluding hydrogens is 254 g/mol. The molecule has 2 rings (SSSR count). The summed E-state index contributed by atoms with van der Waals surface area (Å²) in [5, 5.41) is 0. The average Bonchev–Trinajstić information content (AvgIpc) is 2.17. The monoisotopic (exact) mass is 269 g/mol. The smallest absolute Gasteiger partial charge is 0.130 e. The van der Waals surface area contributed by atoms with Crippen LogP contribution in [0.5, 0.6) is 0 Å². The zero-order chi connectivity index (χ0) is 10.8. The molecule has 0 radical (unpaired) electrons. The van der Waals surface area contributed by atoms with E-state index in [1.165, 1.54) is 0 Å². The van der Waals surface area contributed by atoms with Crippen molar-refractivity contribution in [3.8, 4) is 0 Å². The van der Waals surface area contributed by atoms with Gasteiger partial charge in [-0.3, -0.25) is 0 Å². The van der Waals surface area contributed by atoms with E-state index in [1.54, 1.807) is 0 Å². The predicted octanol–water partition coefficient (Wildman–Crippen LogP) is 1.90. The quantitative estimate of drug-likeness (QED) is 0.777.